The van der Waals surface area contributed by atoms with E-state index in [0.717, 1.165) is 31.2 Å². The predicted octanol–water partition coefficient (Wildman–Crippen LogP) is 3.34. The van der Waals surface area contributed by atoms with Crippen molar-refractivity contribution >= 4 is 17.5 Å². The van der Waals surface area contributed by atoms with E-state index >= 15 is 0 Å². The third-order valence-corrected chi connectivity index (χ3v) is 5.53. The Labute approximate surface area is 173 Å². The molecule has 0 unspecified atom stereocenters. The maximum atomic E-state index is 12.6. The second kappa shape index (κ2) is 8.73. The zero-order chi connectivity index (χ0) is 20.2. The SMILES string of the molecule is CCCc1noc(-c2cn(C3CCN(C(=O)Cc4ccccc4Cl)CC3)nn2)n1. The molecule has 0 radical (unpaired) electrons. The summed E-state index contributed by atoms with van der Waals surface area (Å²) in [6, 6.07) is 7.67. The molecule has 0 aliphatic carbocycles. The lowest BCUT2D eigenvalue weighted by atomic mass is 10.0. The largest absolute Gasteiger partial charge is 0.342 e. The van der Waals surface area contributed by atoms with E-state index < -0.39 is 0 Å². The number of halogens is 1. The summed E-state index contributed by atoms with van der Waals surface area (Å²) in [6.07, 6.45) is 5.55. The predicted molar refractivity (Wildman–Crippen MR) is 107 cm³/mol. The van der Waals surface area contributed by atoms with Gasteiger partial charge in [0.1, 0.15) is 0 Å². The molecule has 29 heavy (non-hydrogen) atoms. The number of rotatable bonds is 6. The van der Waals surface area contributed by atoms with Gasteiger partial charge in [-0.15, -0.1) is 5.10 Å². The number of aryl methyl sites for hydroxylation is 1. The minimum absolute atomic E-state index is 0.102. The first-order chi connectivity index (χ1) is 14.1. The van der Waals surface area contributed by atoms with Gasteiger partial charge in [0.05, 0.1) is 18.7 Å². The number of benzene rings is 1. The van der Waals surface area contributed by atoms with Crippen LogP contribution in [0.1, 0.15) is 43.6 Å². The molecule has 0 N–H and O–H groups in total. The van der Waals surface area contributed by atoms with E-state index in [2.05, 4.69) is 27.4 Å². The third kappa shape index (κ3) is 4.48. The van der Waals surface area contributed by atoms with Crippen molar-refractivity contribution < 1.29 is 9.32 Å². The number of hydrogen-bond acceptors (Lipinski definition) is 6. The Morgan fingerprint density at radius 1 is 1.28 bits per heavy atom. The third-order valence-electron chi connectivity index (χ3n) is 5.16. The Balaban J connectivity index is 1.34. The summed E-state index contributed by atoms with van der Waals surface area (Å²) in [6.45, 7) is 3.44. The Kier molecular flexibility index (Phi) is 5.89. The fraction of sp³-hybridized carbons (Fsp3) is 0.450. The van der Waals surface area contributed by atoms with Gasteiger partial charge in [-0.1, -0.05) is 47.1 Å². The van der Waals surface area contributed by atoms with Gasteiger partial charge in [0, 0.05) is 24.5 Å². The first kappa shape index (κ1) is 19.6. The number of hydrogen-bond donors (Lipinski definition) is 0. The van der Waals surface area contributed by atoms with Gasteiger partial charge in [-0.3, -0.25) is 4.79 Å². The van der Waals surface area contributed by atoms with Crippen molar-refractivity contribution in [1.82, 2.24) is 30.0 Å². The van der Waals surface area contributed by atoms with Crippen LogP contribution in [-0.2, 0) is 17.6 Å². The van der Waals surface area contributed by atoms with Crippen LogP contribution in [0.25, 0.3) is 11.6 Å². The van der Waals surface area contributed by atoms with Crippen molar-refractivity contribution in [2.45, 2.75) is 45.1 Å². The maximum Gasteiger partial charge on any atom is 0.280 e. The summed E-state index contributed by atoms with van der Waals surface area (Å²) in [5.74, 6) is 1.18. The highest BCUT2D eigenvalue weighted by Gasteiger charge is 2.25. The van der Waals surface area contributed by atoms with Crippen LogP contribution in [0.15, 0.2) is 35.0 Å². The van der Waals surface area contributed by atoms with Crippen molar-refractivity contribution in [2.24, 2.45) is 0 Å². The summed E-state index contributed by atoms with van der Waals surface area (Å²) in [4.78, 5) is 18.9. The molecule has 1 amide bonds. The van der Waals surface area contributed by atoms with Crippen molar-refractivity contribution in [2.75, 3.05) is 13.1 Å². The molecule has 0 atom stereocenters. The number of piperidine rings is 1. The summed E-state index contributed by atoms with van der Waals surface area (Å²) in [7, 11) is 0. The van der Waals surface area contributed by atoms with Gasteiger partial charge >= 0.3 is 0 Å². The lowest BCUT2D eigenvalue weighted by molar-refractivity contribution is -0.131. The number of aromatic nitrogens is 5. The molecule has 0 saturated carbocycles. The minimum Gasteiger partial charge on any atom is -0.342 e. The van der Waals surface area contributed by atoms with Gasteiger partial charge in [0.2, 0.25) is 5.91 Å². The summed E-state index contributed by atoms with van der Waals surface area (Å²) in [5.41, 5.74) is 1.45. The highest BCUT2D eigenvalue weighted by atomic mass is 35.5. The van der Waals surface area contributed by atoms with E-state index in [1.54, 1.807) is 0 Å². The summed E-state index contributed by atoms with van der Waals surface area (Å²) >= 11 is 6.18. The van der Waals surface area contributed by atoms with Gasteiger partial charge in [0.25, 0.3) is 5.89 Å². The van der Waals surface area contributed by atoms with Gasteiger partial charge in [0.15, 0.2) is 11.5 Å². The molecule has 3 aromatic rings. The lowest BCUT2D eigenvalue weighted by Crippen LogP contribution is -2.40. The molecule has 4 rings (SSSR count). The number of nitrogens with zero attached hydrogens (tertiary/aromatic N) is 6. The average Bonchev–Trinajstić information content (AvgIpc) is 3.40. The fourth-order valence-electron chi connectivity index (χ4n) is 3.53. The van der Waals surface area contributed by atoms with Crippen LogP contribution in [0.5, 0.6) is 0 Å². The van der Waals surface area contributed by atoms with E-state index in [9.17, 15) is 4.79 Å². The van der Waals surface area contributed by atoms with Gasteiger partial charge in [-0.05, 0) is 30.9 Å². The monoisotopic (exact) mass is 414 g/mol. The normalized spacial score (nSPS) is 15.0. The molecule has 3 heterocycles. The highest BCUT2D eigenvalue weighted by molar-refractivity contribution is 6.31. The van der Waals surface area contributed by atoms with Gasteiger partial charge < -0.3 is 9.42 Å². The van der Waals surface area contributed by atoms with E-state index in [1.807, 2.05) is 40.0 Å². The Morgan fingerprint density at radius 3 is 2.83 bits per heavy atom. The molecule has 2 aromatic heterocycles. The van der Waals surface area contributed by atoms with Crippen molar-refractivity contribution in [1.29, 1.82) is 0 Å². The average molecular weight is 415 g/mol. The number of carbonyl (C=O) groups excluding carboxylic acids is 1. The molecule has 0 spiro atoms. The molecule has 8 nitrogen and oxygen atoms in total. The van der Waals surface area contributed by atoms with Gasteiger partial charge in [-0.2, -0.15) is 4.98 Å². The number of amides is 1. The van der Waals surface area contributed by atoms with Crippen LogP contribution < -0.4 is 0 Å². The second-order valence-electron chi connectivity index (χ2n) is 7.23. The quantitative estimate of drug-likeness (QED) is 0.614. The molecule has 1 saturated heterocycles. The van der Waals surface area contributed by atoms with Crippen molar-refractivity contribution in [3.05, 3.63) is 46.9 Å². The summed E-state index contributed by atoms with van der Waals surface area (Å²) in [5, 5.41) is 13.0. The molecule has 0 bridgehead atoms. The molecular weight excluding hydrogens is 392 g/mol. The molecular formula is C20H23ClN6O2. The van der Waals surface area contributed by atoms with E-state index in [-0.39, 0.29) is 11.9 Å². The zero-order valence-electron chi connectivity index (χ0n) is 16.3. The second-order valence-corrected chi connectivity index (χ2v) is 7.64. The van der Waals surface area contributed by atoms with Crippen LogP contribution in [0.3, 0.4) is 0 Å². The minimum atomic E-state index is 0.102. The first-order valence-corrected chi connectivity index (χ1v) is 10.3. The first-order valence-electron chi connectivity index (χ1n) is 9.90. The molecule has 1 aliphatic rings. The van der Waals surface area contributed by atoms with Crippen LogP contribution in [0.2, 0.25) is 5.02 Å². The topological polar surface area (TPSA) is 89.9 Å². The molecule has 1 aromatic carbocycles. The number of likely N-dealkylation sites (tertiary alicyclic amines) is 1. The lowest BCUT2D eigenvalue weighted by Gasteiger charge is -2.32. The molecule has 1 fully saturated rings. The summed E-state index contributed by atoms with van der Waals surface area (Å²) < 4.78 is 7.12. The molecule has 9 heteroatoms. The molecule has 1 aliphatic heterocycles. The van der Waals surface area contributed by atoms with Gasteiger partial charge in [-0.25, -0.2) is 4.68 Å². The van der Waals surface area contributed by atoms with E-state index in [0.29, 0.717) is 41.9 Å². The molecule has 152 valence electrons. The Bertz CT molecular complexity index is 977. The zero-order valence-corrected chi connectivity index (χ0v) is 17.0. The standard InChI is InChI=1S/C20H23ClN6O2/c1-2-5-18-22-20(29-24-18)17-13-27(25-23-17)15-8-10-26(11-9-15)19(28)12-14-6-3-4-7-16(14)21/h3-4,6-7,13,15H,2,5,8-12H2,1H3. The van der Waals surface area contributed by atoms with Crippen molar-refractivity contribution in [3.63, 3.8) is 0 Å². The Hall–Kier alpha value is -2.74. The maximum absolute atomic E-state index is 12.6. The fourth-order valence-corrected chi connectivity index (χ4v) is 3.74. The van der Waals surface area contributed by atoms with Crippen LogP contribution in [0.4, 0.5) is 0 Å². The van der Waals surface area contributed by atoms with Crippen molar-refractivity contribution in [3.8, 4) is 11.6 Å². The van der Waals surface area contributed by atoms with E-state index in [1.165, 1.54) is 0 Å². The Morgan fingerprint density at radius 2 is 2.07 bits per heavy atom. The van der Waals surface area contributed by atoms with E-state index in [4.69, 9.17) is 16.1 Å². The smallest absolute Gasteiger partial charge is 0.280 e. The highest BCUT2D eigenvalue weighted by Crippen LogP contribution is 2.25. The van der Waals surface area contributed by atoms with Crippen LogP contribution in [0, 0.1) is 0 Å². The van der Waals surface area contributed by atoms with Crippen LogP contribution >= 0.6 is 11.6 Å². The number of carbonyl (C=O) groups is 1. The van der Waals surface area contributed by atoms with Crippen LogP contribution in [-0.4, -0.2) is 49.0 Å².